The van der Waals surface area contributed by atoms with Gasteiger partial charge >= 0.3 is 0 Å². The molecule has 0 heterocycles. The van der Waals surface area contributed by atoms with Gasteiger partial charge in [-0.25, -0.2) is 0 Å². The Labute approximate surface area is 218 Å². The molecule has 4 heteroatoms. The number of allylic oxidation sites excluding steroid dienone is 3. The van der Waals surface area contributed by atoms with Gasteiger partial charge in [-0.2, -0.15) is 5.26 Å². The molecule has 0 saturated heterocycles. The Bertz CT molecular complexity index is 1100. The molecule has 1 unspecified atom stereocenters. The summed E-state index contributed by atoms with van der Waals surface area (Å²) in [6, 6.07) is 2.27. The van der Waals surface area contributed by atoms with Crippen molar-refractivity contribution in [3.8, 4) is 6.07 Å². The van der Waals surface area contributed by atoms with E-state index in [2.05, 4.69) is 65.6 Å². The van der Waals surface area contributed by atoms with Gasteiger partial charge in [0.25, 0.3) is 0 Å². The molecule has 0 bridgehead atoms. The second kappa shape index (κ2) is 7.81. The Balaban J connectivity index is 1.62. The molecule has 0 radical (unpaired) electrons. The predicted molar refractivity (Wildman–Crippen MR) is 143 cm³/mol. The summed E-state index contributed by atoms with van der Waals surface area (Å²) in [4.78, 5) is 26.7. The Kier molecular flexibility index (Phi) is 5.59. The van der Waals surface area contributed by atoms with Crippen LogP contribution in [0.1, 0.15) is 92.9 Å². The van der Waals surface area contributed by atoms with Crippen LogP contribution >= 0.6 is 0 Å². The smallest absolute Gasteiger partial charge is 0.226 e. The van der Waals surface area contributed by atoms with Gasteiger partial charge in [-0.15, -0.1) is 0 Å². The maximum atomic E-state index is 13.5. The lowest BCUT2D eigenvalue weighted by Crippen LogP contribution is -2.66. The molecule has 4 nitrogen and oxygen atoms in total. The van der Waals surface area contributed by atoms with Crippen LogP contribution in [0.2, 0.25) is 0 Å². The van der Waals surface area contributed by atoms with Crippen LogP contribution < -0.4 is 5.32 Å². The SMILES string of the molecule is C=C(C)[C@@H]1CC[C@]2(C(=O)NC)CC[C@]3(C)C(CC[C@@H]4[C@@]5(C)C=C(C#N)C(=O)C(C)(C)[C@@H]5CC[C@]43C)[C@@H]12. The van der Waals surface area contributed by atoms with Crippen molar-refractivity contribution in [3.63, 3.8) is 0 Å². The maximum absolute atomic E-state index is 13.5. The molecule has 1 amide bonds. The molecule has 5 aliphatic rings. The molecule has 0 aromatic rings. The van der Waals surface area contributed by atoms with Crippen LogP contribution in [0.25, 0.3) is 0 Å². The molecule has 36 heavy (non-hydrogen) atoms. The molecule has 0 spiro atoms. The number of hydrogen-bond donors (Lipinski definition) is 1. The van der Waals surface area contributed by atoms with Gasteiger partial charge < -0.3 is 5.32 Å². The van der Waals surface area contributed by atoms with Crippen molar-refractivity contribution in [2.45, 2.75) is 92.9 Å². The predicted octanol–water partition coefficient (Wildman–Crippen LogP) is 6.63. The first kappa shape index (κ1) is 25.7. The standard InChI is InChI=1S/C32H46N2O2/c1-19(2)21-11-14-32(27(36)34-8)16-15-30(6)22(25(21)32)9-10-24-29(5)17-20(18-33)26(35)28(3,4)23(29)12-13-31(24,30)7/h17,21-25H,1,9-16H2,2-8H3,(H,34,36)/t21-,22?,23-,24+,25+,29-,30+,31+,32-/m0/s1. The number of fused-ring (bicyclic) bond motifs is 7. The average molecular weight is 491 g/mol. The third-order valence-electron chi connectivity index (χ3n) is 13.2. The Morgan fingerprint density at radius 1 is 1.00 bits per heavy atom. The molecule has 4 saturated carbocycles. The summed E-state index contributed by atoms with van der Waals surface area (Å²) in [6.45, 7) is 18.2. The molecule has 1 N–H and O–H groups in total. The van der Waals surface area contributed by atoms with E-state index in [1.807, 2.05) is 7.05 Å². The van der Waals surface area contributed by atoms with Crippen LogP contribution in [0.3, 0.4) is 0 Å². The number of nitrogens with zero attached hydrogens (tertiary/aromatic N) is 1. The first-order valence-corrected chi connectivity index (χ1v) is 14.3. The fourth-order valence-corrected chi connectivity index (χ4v) is 11.4. The number of carbonyl (C=O) groups excluding carboxylic acids is 2. The van der Waals surface area contributed by atoms with Crippen LogP contribution in [-0.4, -0.2) is 18.7 Å². The number of ketones is 1. The largest absolute Gasteiger partial charge is 0.359 e. The van der Waals surface area contributed by atoms with Gasteiger partial charge in [-0.3, -0.25) is 9.59 Å². The molecule has 5 aliphatic carbocycles. The van der Waals surface area contributed by atoms with E-state index in [0.717, 1.165) is 51.4 Å². The van der Waals surface area contributed by atoms with E-state index < -0.39 is 5.41 Å². The highest BCUT2D eigenvalue weighted by atomic mass is 16.2. The van der Waals surface area contributed by atoms with E-state index in [4.69, 9.17) is 0 Å². The van der Waals surface area contributed by atoms with Gasteiger partial charge in [0, 0.05) is 12.5 Å². The minimum absolute atomic E-state index is 0.0271. The summed E-state index contributed by atoms with van der Waals surface area (Å²) in [6.07, 6.45) is 10.6. The highest BCUT2D eigenvalue weighted by molar-refractivity contribution is 6.04. The van der Waals surface area contributed by atoms with Crippen molar-refractivity contribution in [1.29, 1.82) is 5.26 Å². The molecule has 9 atom stereocenters. The molecule has 0 aliphatic heterocycles. The summed E-state index contributed by atoms with van der Waals surface area (Å²) in [5, 5.41) is 13.0. The minimum Gasteiger partial charge on any atom is -0.359 e. The van der Waals surface area contributed by atoms with Gasteiger partial charge in [0.05, 0.1) is 11.0 Å². The highest BCUT2D eigenvalue weighted by Crippen LogP contribution is 2.77. The maximum Gasteiger partial charge on any atom is 0.226 e. The van der Waals surface area contributed by atoms with Gasteiger partial charge in [-0.1, -0.05) is 52.8 Å². The third-order valence-corrected chi connectivity index (χ3v) is 13.2. The Morgan fingerprint density at radius 3 is 2.31 bits per heavy atom. The second-order valence-corrected chi connectivity index (χ2v) is 14.5. The van der Waals surface area contributed by atoms with E-state index >= 15 is 0 Å². The normalized spacial score (nSPS) is 48.9. The minimum atomic E-state index is -0.509. The molecule has 0 aromatic carbocycles. The number of hydrogen-bond acceptors (Lipinski definition) is 3. The number of nitrogens with one attached hydrogen (secondary N) is 1. The zero-order valence-corrected chi connectivity index (χ0v) is 23.6. The number of rotatable bonds is 2. The fourth-order valence-electron chi connectivity index (χ4n) is 11.4. The van der Waals surface area contributed by atoms with Crippen LogP contribution in [0.5, 0.6) is 0 Å². The lowest BCUT2D eigenvalue weighted by molar-refractivity contribution is -0.218. The van der Waals surface area contributed by atoms with E-state index in [0.29, 0.717) is 29.2 Å². The first-order chi connectivity index (χ1) is 16.7. The van der Waals surface area contributed by atoms with E-state index in [1.54, 1.807) is 0 Å². The third kappa shape index (κ3) is 2.87. The molecular formula is C32H46N2O2. The van der Waals surface area contributed by atoms with Crippen molar-refractivity contribution in [2.24, 2.45) is 56.7 Å². The van der Waals surface area contributed by atoms with E-state index in [1.165, 1.54) is 5.57 Å². The van der Waals surface area contributed by atoms with Gasteiger partial charge in [0.2, 0.25) is 5.91 Å². The van der Waals surface area contributed by atoms with Crippen LogP contribution in [0, 0.1) is 68.0 Å². The summed E-state index contributed by atoms with van der Waals surface area (Å²) in [5.74, 6) is 2.22. The topological polar surface area (TPSA) is 70.0 Å². The summed E-state index contributed by atoms with van der Waals surface area (Å²) < 4.78 is 0. The van der Waals surface area contributed by atoms with E-state index in [9.17, 15) is 14.9 Å². The number of carbonyl (C=O) groups is 2. The van der Waals surface area contributed by atoms with Crippen molar-refractivity contribution < 1.29 is 9.59 Å². The van der Waals surface area contributed by atoms with Crippen molar-refractivity contribution >= 4 is 11.7 Å². The lowest BCUT2D eigenvalue weighted by Gasteiger charge is -2.71. The van der Waals surface area contributed by atoms with Crippen molar-refractivity contribution in [1.82, 2.24) is 5.32 Å². The zero-order chi connectivity index (χ0) is 26.5. The highest BCUT2D eigenvalue weighted by Gasteiger charge is 2.71. The average Bonchev–Trinajstić information content (AvgIpc) is 3.22. The van der Waals surface area contributed by atoms with Crippen LogP contribution in [0.15, 0.2) is 23.8 Å². The monoisotopic (exact) mass is 490 g/mol. The number of nitriles is 1. The van der Waals surface area contributed by atoms with E-state index in [-0.39, 0.29) is 39.3 Å². The summed E-state index contributed by atoms with van der Waals surface area (Å²) >= 11 is 0. The molecular weight excluding hydrogens is 444 g/mol. The summed E-state index contributed by atoms with van der Waals surface area (Å²) in [7, 11) is 1.81. The first-order valence-electron chi connectivity index (χ1n) is 14.3. The lowest BCUT2D eigenvalue weighted by atomic mass is 9.32. The summed E-state index contributed by atoms with van der Waals surface area (Å²) in [5.41, 5.74) is 0.901. The number of Topliss-reactive ketones (excluding diaryl/α,β-unsaturated/α-hetero) is 1. The van der Waals surface area contributed by atoms with Crippen LogP contribution in [-0.2, 0) is 9.59 Å². The second-order valence-electron chi connectivity index (χ2n) is 14.5. The molecule has 0 aromatic heterocycles. The van der Waals surface area contributed by atoms with Crippen molar-refractivity contribution in [2.75, 3.05) is 7.05 Å². The Hall–Kier alpha value is -1.89. The quantitative estimate of drug-likeness (QED) is 0.442. The van der Waals surface area contributed by atoms with Crippen LogP contribution in [0.4, 0.5) is 0 Å². The van der Waals surface area contributed by atoms with Gasteiger partial charge in [0.15, 0.2) is 5.78 Å². The van der Waals surface area contributed by atoms with Crippen molar-refractivity contribution in [3.05, 3.63) is 23.8 Å². The molecule has 196 valence electrons. The van der Waals surface area contributed by atoms with Gasteiger partial charge in [0.1, 0.15) is 6.07 Å². The van der Waals surface area contributed by atoms with Gasteiger partial charge in [-0.05, 0) is 104 Å². The zero-order valence-electron chi connectivity index (χ0n) is 23.6. The Morgan fingerprint density at radius 2 is 1.69 bits per heavy atom. The fraction of sp³-hybridized carbons (Fsp3) is 0.781. The number of amides is 1. The molecule has 4 fully saturated rings. The molecule has 5 rings (SSSR count).